The Morgan fingerprint density at radius 2 is 1.90 bits per heavy atom. The van der Waals surface area contributed by atoms with Crippen LogP contribution in [0, 0.1) is 0 Å². The van der Waals surface area contributed by atoms with Gasteiger partial charge in [-0.3, -0.25) is 9.78 Å². The van der Waals surface area contributed by atoms with Crippen LogP contribution in [0.25, 0.3) is 10.9 Å². The number of carbonyl (C=O) groups excluding carboxylic acids is 1. The summed E-state index contributed by atoms with van der Waals surface area (Å²) < 4.78 is 0. The Bertz CT molecular complexity index is 755. The molecule has 2 nitrogen and oxygen atoms in total. The van der Waals surface area contributed by atoms with E-state index in [9.17, 15) is 4.79 Å². The molecule has 3 heteroatoms. The van der Waals surface area contributed by atoms with Crippen LogP contribution in [0.1, 0.15) is 27.0 Å². The quantitative estimate of drug-likeness (QED) is 0.668. The molecule has 0 fully saturated rings. The van der Waals surface area contributed by atoms with E-state index in [0.717, 1.165) is 27.8 Å². The lowest BCUT2D eigenvalue weighted by Crippen LogP contribution is -2.03. The van der Waals surface area contributed by atoms with Crippen molar-refractivity contribution in [2.75, 3.05) is 0 Å². The number of hydrogen-bond donors (Lipinski definition) is 0. The summed E-state index contributed by atoms with van der Waals surface area (Å²) in [7, 11) is 0. The Morgan fingerprint density at radius 3 is 2.70 bits per heavy atom. The molecule has 3 aromatic rings. The Hall–Kier alpha value is -2.00. The lowest BCUT2D eigenvalue weighted by atomic mass is 10.0. The van der Waals surface area contributed by atoms with Crippen molar-refractivity contribution in [3.05, 3.63) is 64.0 Å². The van der Waals surface area contributed by atoms with Crippen molar-refractivity contribution in [2.24, 2.45) is 0 Å². The number of hydrogen-bond acceptors (Lipinski definition) is 3. The van der Waals surface area contributed by atoms with Crippen LogP contribution in [0.15, 0.2) is 48.7 Å². The van der Waals surface area contributed by atoms with Gasteiger partial charge < -0.3 is 0 Å². The maximum atomic E-state index is 12.5. The standard InChI is InChI=1S/C17H15NOS/c1-2-12-7-8-13(20-12)11-17(19)15-9-10-18-16-6-4-3-5-14(15)16/h3-10H,2,11H2,1H3. The smallest absolute Gasteiger partial charge is 0.168 e. The third kappa shape index (κ3) is 2.49. The highest BCUT2D eigenvalue weighted by molar-refractivity contribution is 7.12. The Labute approximate surface area is 122 Å². The summed E-state index contributed by atoms with van der Waals surface area (Å²) in [4.78, 5) is 19.3. The first-order valence-electron chi connectivity index (χ1n) is 6.72. The van der Waals surface area contributed by atoms with Gasteiger partial charge in [0.1, 0.15) is 0 Å². The highest BCUT2D eigenvalue weighted by Crippen LogP contribution is 2.22. The van der Waals surface area contributed by atoms with Gasteiger partial charge in [0.25, 0.3) is 0 Å². The van der Waals surface area contributed by atoms with Gasteiger partial charge in [0, 0.05) is 33.3 Å². The summed E-state index contributed by atoms with van der Waals surface area (Å²) in [5.74, 6) is 0.160. The van der Waals surface area contributed by atoms with Crippen LogP contribution in [-0.2, 0) is 12.8 Å². The number of nitrogens with zero attached hydrogens (tertiary/aromatic N) is 1. The normalized spacial score (nSPS) is 10.8. The highest BCUT2D eigenvalue weighted by atomic mass is 32.1. The largest absolute Gasteiger partial charge is 0.294 e. The van der Waals surface area contributed by atoms with Crippen LogP contribution in [0.2, 0.25) is 0 Å². The number of carbonyl (C=O) groups is 1. The first-order valence-corrected chi connectivity index (χ1v) is 7.54. The van der Waals surface area contributed by atoms with Gasteiger partial charge in [0.2, 0.25) is 0 Å². The predicted octanol–water partition coefficient (Wildman–Crippen LogP) is 4.28. The van der Waals surface area contributed by atoms with Crippen LogP contribution in [-0.4, -0.2) is 10.8 Å². The average molecular weight is 281 g/mol. The topological polar surface area (TPSA) is 30.0 Å². The average Bonchev–Trinajstić information content (AvgIpc) is 2.94. The molecule has 0 atom stereocenters. The van der Waals surface area contributed by atoms with Crippen molar-refractivity contribution in [3.8, 4) is 0 Å². The van der Waals surface area contributed by atoms with E-state index in [1.54, 1.807) is 17.5 Å². The maximum absolute atomic E-state index is 12.5. The highest BCUT2D eigenvalue weighted by Gasteiger charge is 2.12. The molecule has 0 saturated heterocycles. The first-order chi connectivity index (χ1) is 9.78. The van der Waals surface area contributed by atoms with Crippen LogP contribution >= 0.6 is 11.3 Å². The van der Waals surface area contributed by atoms with Crippen molar-refractivity contribution in [3.63, 3.8) is 0 Å². The number of fused-ring (bicyclic) bond motifs is 1. The monoisotopic (exact) mass is 281 g/mol. The van der Waals surface area contributed by atoms with Crippen molar-refractivity contribution in [2.45, 2.75) is 19.8 Å². The third-order valence-electron chi connectivity index (χ3n) is 3.35. The number of para-hydroxylation sites is 1. The molecule has 100 valence electrons. The van der Waals surface area contributed by atoms with Crippen LogP contribution < -0.4 is 0 Å². The Kier molecular flexibility index (Phi) is 3.61. The van der Waals surface area contributed by atoms with Crippen LogP contribution in [0.4, 0.5) is 0 Å². The second-order valence-electron chi connectivity index (χ2n) is 4.70. The molecule has 0 aliphatic carbocycles. The lowest BCUT2D eigenvalue weighted by Gasteiger charge is -2.04. The Balaban J connectivity index is 1.92. The fraction of sp³-hybridized carbons (Fsp3) is 0.176. The molecule has 1 aromatic carbocycles. The molecule has 0 amide bonds. The van der Waals surface area contributed by atoms with Gasteiger partial charge in [-0.15, -0.1) is 11.3 Å². The number of rotatable bonds is 4. The second kappa shape index (κ2) is 5.55. The lowest BCUT2D eigenvalue weighted by molar-refractivity contribution is 0.0995. The molecule has 0 unspecified atom stereocenters. The van der Waals surface area contributed by atoms with E-state index in [1.807, 2.05) is 30.3 Å². The van der Waals surface area contributed by atoms with Gasteiger partial charge in [0.15, 0.2) is 5.78 Å². The molecule has 3 rings (SSSR count). The number of benzene rings is 1. The summed E-state index contributed by atoms with van der Waals surface area (Å²) in [5.41, 5.74) is 1.64. The summed E-state index contributed by atoms with van der Waals surface area (Å²) in [6.07, 6.45) is 3.21. The number of aryl methyl sites for hydroxylation is 1. The van der Waals surface area contributed by atoms with Crippen LogP contribution in [0.5, 0.6) is 0 Å². The van der Waals surface area contributed by atoms with Crippen molar-refractivity contribution < 1.29 is 4.79 Å². The molecule has 0 aliphatic heterocycles. The SMILES string of the molecule is CCc1ccc(CC(=O)c2ccnc3ccccc23)s1. The summed E-state index contributed by atoms with van der Waals surface area (Å²) >= 11 is 1.72. The molecule has 0 N–H and O–H groups in total. The first kappa shape index (κ1) is 13.0. The number of ketones is 1. The van der Waals surface area contributed by atoms with Gasteiger partial charge in [-0.25, -0.2) is 0 Å². The Morgan fingerprint density at radius 1 is 1.10 bits per heavy atom. The van der Waals surface area contributed by atoms with Gasteiger partial charge in [0.05, 0.1) is 5.52 Å². The van der Waals surface area contributed by atoms with E-state index in [2.05, 4.69) is 24.0 Å². The fourth-order valence-electron chi connectivity index (χ4n) is 2.30. The van der Waals surface area contributed by atoms with Gasteiger partial charge in [-0.05, 0) is 30.7 Å². The minimum atomic E-state index is 0.160. The maximum Gasteiger partial charge on any atom is 0.168 e. The molecule has 0 spiro atoms. The zero-order valence-corrected chi connectivity index (χ0v) is 12.1. The van der Waals surface area contributed by atoms with Crippen LogP contribution in [0.3, 0.4) is 0 Å². The number of thiophene rings is 1. The minimum absolute atomic E-state index is 0.160. The predicted molar refractivity (Wildman–Crippen MR) is 83.5 cm³/mol. The van der Waals surface area contributed by atoms with Gasteiger partial charge in [-0.1, -0.05) is 25.1 Å². The molecule has 0 radical (unpaired) electrons. The van der Waals surface area contributed by atoms with Gasteiger partial charge >= 0.3 is 0 Å². The molecule has 0 saturated carbocycles. The molecular formula is C17H15NOS. The number of Topliss-reactive ketones (excluding diaryl/α,β-unsaturated/α-hetero) is 1. The van der Waals surface area contributed by atoms with E-state index in [1.165, 1.54) is 4.88 Å². The molecule has 2 aromatic heterocycles. The molecule has 20 heavy (non-hydrogen) atoms. The van der Waals surface area contributed by atoms with E-state index >= 15 is 0 Å². The van der Waals surface area contributed by atoms with E-state index < -0.39 is 0 Å². The molecule has 2 heterocycles. The van der Waals surface area contributed by atoms with E-state index in [0.29, 0.717) is 6.42 Å². The fourth-order valence-corrected chi connectivity index (χ4v) is 3.26. The van der Waals surface area contributed by atoms with Gasteiger partial charge in [-0.2, -0.15) is 0 Å². The van der Waals surface area contributed by atoms with E-state index in [4.69, 9.17) is 0 Å². The molecule has 0 aliphatic rings. The summed E-state index contributed by atoms with van der Waals surface area (Å²) in [6, 6.07) is 13.8. The molecule has 0 bridgehead atoms. The summed E-state index contributed by atoms with van der Waals surface area (Å²) in [5, 5.41) is 0.937. The number of aromatic nitrogens is 1. The number of pyridine rings is 1. The minimum Gasteiger partial charge on any atom is -0.294 e. The summed E-state index contributed by atoms with van der Waals surface area (Å²) in [6.45, 7) is 2.13. The zero-order chi connectivity index (χ0) is 13.9. The second-order valence-corrected chi connectivity index (χ2v) is 5.95. The van der Waals surface area contributed by atoms with Crippen molar-refractivity contribution >= 4 is 28.0 Å². The zero-order valence-electron chi connectivity index (χ0n) is 11.3. The third-order valence-corrected chi connectivity index (χ3v) is 4.58. The van der Waals surface area contributed by atoms with Crippen molar-refractivity contribution in [1.82, 2.24) is 4.98 Å². The van der Waals surface area contributed by atoms with E-state index in [-0.39, 0.29) is 5.78 Å². The molecular weight excluding hydrogens is 266 g/mol. The van der Waals surface area contributed by atoms with Crippen molar-refractivity contribution in [1.29, 1.82) is 0 Å².